The van der Waals surface area contributed by atoms with E-state index in [0.717, 1.165) is 18.8 Å². The summed E-state index contributed by atoms with van der Waals surface area (Å²) in [6, 6.07) is 5.10. The second-order valence-electron chi connectivity index (χ2n) is 5.57. The number of nitrogens with one attached hydrogen (secondary N) is 1. The van der Waals surface area contributed by atoms with E-state index in [-0.39, 0.29) is 4.90 Å². The van der Waals surface area contributed by atoms with Gasteiger partial charge in [0.2, 0.25) is 10.0 Å². The number of anilines is 2. The van der Waals surface area contributed by atoms with E-state index in [9.17, 15) is 8.42 Å². The summed E-state index contributed by atoms with van der Waals surface area (Å²) in [6.07, 6.45) is 5.72. The molecule has 0 bridgehead atoms. The van der Waals surface area contributed by atoms with E-state index in [1.807, 2.05) is 0 Å². The molecule has 1 aromatic carbocycles. The van der Waals surface area contributed by atoms with Gasteiger partial charge in [-0.15, -0.1) is 0 Å². The highest BCUT2D eigenvalue weighted by Crippen LogP contribution is 2.30. The highest BCUT2D eigenvalue weighted by molar-refractivity contribution is 7.89. The second kappa shape index (κ2) is 6.01. The molecule has 5 N–H and O–H groups in total. The highest BCUT2D eigenvalue weighted by atomic mass is 32.2. The van der Waals surface area contributed by atoms with Crippen molar-refractivity contribution in [3.8, 4) is 0 Å². The summed E-state index contributed by atoms with van der Waals surface area (Å²) in [5, 5.41) is 8.56. The van der Waals surface area contributed by atoms with Crippen LogP contribution in [-0.2, 0) is 10.0 Å². The first-order valence-electron chi connectivity index (χ1n) is 7.09. The van der Waals surface area contributed by atoms with Crippen molar-refractivity contribution in [2.24, 2.45) is 11.1 Å². The van der Waals surface area contributed by atoms with Gasteiger partial charge in [0.1, 0.15) is 4.90 Å². The van der Waals surface area contributed by atoms with Gasteiger partial charge in [0.25, 0.3) is 0 Å². The van der Waals surface area contributed by atoms with Crippen LogP contribution in [0.4, 0.5) is 11.4 Å². The Hall–Kier alpha value is -1.27. The summed E-state index contributed by atoms with van der Waals surface area (Å²) < 4.78 is 23.3. The van der Waals surface area contributed by atoms with Crippen LogP contribution in [0.3, 0.4) is 0 Å². The number of hydrogen-bond donors (Lipinski definition) is 3. The molecule has 1 fully saturated rings. The van der Waals surface area contributed by atoms with Crippen molar-refractivity contribution < 1.29 is 8.42 Å². The Labute approximate surface area is 120 Å². The Morgan fingerprint density at radius 2 is 1.90 bits per heavy atom. The maximum absolute atomic E-state index is 11.6. The SMILES string of the molecule is CCC1CCC(Nc2ccc(N)cc2S(N)(=O)=O)CC1. The topological polar surface area (TPSA) is 98.2 Å². The maximum Gasteiger partial charge on any atom is 0.240 e. The van der Waals surface area contributed by atoms with Crippen molar-refractivity contribution in [1.82, 2.24) is 0 Å². The van der Waals surface area contributed by atoms with Crippen molar-refractivity contribution in [2.75, 3.05) is 11.1 Å². The van der Waals surface area contributed by atoms with E-state index in [2.05, 4.69) is 12.2 Å². The van der Waals surface area contributed by atoms with Gasteiger partial charge in [-0.3, -0.25) is 0 Å². The Balaban J connectivity index is 2.14. The predicted molar refractivity (Wildman–Crippen MR) is 81.9 cm³/mol. The molecule has 20 heavy (non-hydrogen) atoms. The van der Waals surface area contributed by atoms with Crippen molar-refractivity contribution in [1.29, 1.82) is 0 Å². The van der Waals surface area contributed by atoms with Gasteiger partial charge in [-0.05, 0) is 49.8 Å². The fraction of sp³-hybridized carbons (Fsp3) is 0.571. The maximum atomic E-state index is 11.6. The minimum absolute atomic E-state index is 0.0788. The summed E-state index contributed by atoms with van der Waals surface area (Å²) in [7, 11) is -3.76. The van der Waals surface area contributed by atoms with Gasteiger partial charge >= 0.3 is 0 Å². The van der Waals surface area contributed by atoms with Gasteiger partial charge in [0.05, 0.1) is 5.69 Å². The average Bonchev–Trinajstić information content (AvgIpc) is 2.40. The zero-order valence-corrected chi connectivity index (χ0v) is 12.6. The number of benzene rings is 1. The Kier molecular flexibility index (Phi) is 4.55. The molecular weight excluding hydrogens is 274 g/mol. The van der Waals surface area contributed by atoms with E-state index in [4.69, 9.17) is 10.9 Å². The lowest BCUT2D eigenvalue weighted by molar-refractivity contribution is 0.330. The molecule has 0 atom stereocenters. The molecule has 0 amide bonds. The van der Waals surface area contributed by atoms with Crippen LogP contribution in [0.15, 0.2) is 23.1 Å². The number of primary sulfonamides is 1. The monoisotopic (exact) mass is 297 g/mol. The summed E-state index contributed by atoms with van der Waals surface area (Å²) >= 11 is 0. The fourth-order valence-corrected chi connectivity index (χ4v) is 3.56. The van der Waals surface area contributed by atoms with Gasteiger partial charge in [-0.2, -0.15) is 0 Å². The first-order chi connectivity index (χ1) is 9.40. The smallest absolute Gasteiger partial charge is 0.240 e. The molecule has 0 saturated heterocycles. The predicted octanol–water partition coefficient (Wildman–Crippen LogP) is 2.30. The number of hydrogen-bond acceptors (Lipinski definition) is 4. The number of nitrogen functional groups attached to an aromatic ring is 1. The van der Waals surface area contributed by atoms with Gasteiger partial charge in [-0.25, -0.2) is 13.6 Å². The molecule has 6 heteroatoms. The molecule has 0 aliphatic heterocycles. The van der Waals surface area contributed by atoms with Crippen LogP contribution in [-0.4, -0.2) is 14.5 Å². The zero-order valence-electron chi connectivity index (χ0n) is 11.8. The van der Waals surface area contributed by atoms with Crippen LogP contribution < -0.4 is 16.2 Å². The molecule has 0 unspecified atom stereocenters. The van der Waals surface area contributed by atoms with Crippen molar-refractivity contribution >= 4 is 21.4 Å². The molecule has 0 radical (unpaired) electrons. The van der Waals surface area contributed by atoms with Gasteiger partial charge in [0.15, 0.2) is 0 Å². The Morgan fingerprint density at radius 3 is 2.45 bits per heavy atom. The third-order valence-electron chi connectivity index (χ3n) is 4.10. The molecule has 5 nitrogen and oxygen atoms in total. The van der Waals surface area contributed by atoms with Crippen LogP contribution in [0.25, 0.3) is 0 Å². The van der Waals surface area contributed by atoms with Crippen molar-refractivity contribution in [3.63, 3.8) is 0 Å². The van der Waals surface area contributed by atoms with Crippen molar-refractivity contribution in [2.45, 2.75) is 50.0 Å². The average molecular weight is 297 g/mol. The Bertz CT molecular complexity index is 564. The lowest BCUT2D eigenvalue weighted by Crippen LogP contribution is -2.27. The van der Waals surface area contributed by atoms with Gasteiger partial charge in [0, 0.05) is 11.7 Å². The quantitative estimate of drug-likeness (QED) is 0.743. The molecule has 2 rings (SSSR count). The Morgan fingerprint density at radius 1 is 1.25 bits per heavy atom. The minimum atomic E-state index is -3.76. The van der Waals surface area contributed by atoms with E-state index in [1.165, 1.54) is 25.3 Å². The van der Waals surface area contributed by atoms with Crippen molar-refractivity contribution in [3.05, 3.63) is 18.2 Å². The molecule has 0 heterocycles. The van der Waals surface area contributed by atoms with Crippen LogP contribution in [0.5, 0.6) is 0 Å². The van der Waals surface area contributed by atoms with E-state index >= 15 is 0 Å². The first-order valence-corrected chi connectivity index (χ1v) is 8.63. The fourth-order valence-electron chi connectivity index (χ4n) is 2.83. The largest absolute Gasteiger partial charge is 0.399 e. The summed E-state index contributed by atoms with van der Waals surface area (Å²) in [5.74, 6) is 0.803. The summed E-state index contributed by atoms with van der Waals surface area (Å²) in [4.78, 5) is 0.0788. The van der Waals surface area contributed by atoms with Crippen LogP contribution >= 0.6 is 0 Å². The third kappa shape index (κ3) is 3.64. The molecule has 1 saturated carbocycles. The second-order valence-corrected chi connectivity index (χ2v) is 7.10. The van der Waals surface area contributed by atoms with Crippen LogP contribution in [0.2, 0.25) is 0 Å². The van der Waals surface area contributed by atoms with E-state index in [0.29, 0.717) is 17.4 Å². The normalized spacial score (nSPS) is 23.5. The van der Waals surface area contributed by atoms with E-state index < -0.39 is 10.0 Å². The summed E-state index contributed by atoms with van der Waals surface area (Å²) in [5.41, 5.74) is 6.60. The number of rotatable bonds is 4. The van der Waals surface area contributed by atoms with Crippen LogP contribution in [0, 0.1) is 5.92 Å². The van der Waals surface area contributed by atoms with E-state index in [1.54, 1.807) is 12.1 Å². The zero-order chi connectivity index (χ0) is 14.8. The molecule has 0 aromatic heterocycles. The standard InChI is InChI=1S/C14H23N3O2S/c1-2-10-3-6-12(7-4-10)17-13-8-5-11(15)9-14(13)20(16,18)19/h5,8-10,12,17H,2-4,6-7,15H2,1H3,(H2,16,18,19). The lowest BCUT2D eigenvalue weighted by atomic mass is 9.84. The third-order valence-corrected chi connectivity index (χ3v) is 5.05. The first kappa shape index (κ1) is 15.1. The number of sulfonamides is 1. The van der Waals surface area contributed by atoms with Gasteiger partial charge in [-0.1, -0.05) is 13.3 Å². The molecule has 1 aliphatic rings. The molecule has 112 valence electrons. The molecule has 1 aliphatic carbocycles. The molecule has 0 spiro atoms. The summed E-state index contributed by atoms with van der Waals surface area (Å²) in [6.45, 7) is 2.22. The molecular formula is C14H23N3O2S. The highest BCUT2D eigenvalue weighted by Gasteiger charge is 2.22. The minimum Gasteiger partial charge on any atom is -0.399 e. The van der Waals surface area contributed by atoms with Gasteiger partial charge < -0.3 is 11.1 Å². The number of nitrogens with two attached hydrogens (primary N) is 2. The lowest BCUT2D eigenvalue weighted by Gasteiger charge is -2.29. The van der Waals surface area contributed by atoms with Crippen LogP contribution in [0.1, 0.15) is 39.0 Å². The molecule has 1 aromatic rings.